The van der Waals surface area contributed by atoms with E-state index in [0.717, 1.165) is 36.7 Å². The van der Waals surface area contributed by atoms with Crippen molar-refractivity contribution < 1.29 is 31.2 Å². The Morgan fingerprint density at radius 3 is 2.38 bits per heavy atom. The van der Waals surface area contributed by atoms with Crippen molar-refractivity contribution in [2.45, 2.75) is 42.4 Å². The topological polar surface area (TPSA) is 114 Å². The summed E-state index contributed by atoms with van der Waals surface area (Å²) in [5.74, 6) is -0.376. The Morgan fingerprint density at radius 2 is 1.74 bits per heavy atom. The van der Waals surface area contributed by atoms with Crippen LogP contribution in [0.2, 0.25) is 0 Å². The second-order valence-corrected chi connectivity index (χ2v) is 11.7. The van der Waals surface area contributed by atoms with Crippen molar-refractivity contribution in [2.24, 2.45) is 0 Å². The van der Waals surface area contributed by atoms with Crippen LogP contribution in [0.1, 0.15) is 41.5 Å². The normalized spacial score (nSPS) is 14.5. The first-order valence-electron chi connectivity index (χ1n) is 12.1. The molecule has 1 saturated heterocycles. The van der Waals surface area contributed by atoms with Gasteiger partial charge in [0.25, 0.3) is 0 Å². The summed E-state index contributed by atoms with van der Waals surface area (Å²) >= 11 is 0.994. The zero-order valence-corrected chi connectivity index (χ0v) is 22.6. The Bertz CT molecular complexity index is 1450. The number of nitrogens with one attached hydrogen (secondary N) is 1. The third kappa shape index (κ3) is 6.86. The number of aromatic nitrogens is 3. The van der Waals surface area contributed by atoms with Gasteiger partial charge in [-0.05, 0) is 43.2 Å². The van der Waals surface area contributed by atoms with E-state index in [1.807, 2.05) is 0 Å². The van der Waals surface area contributed by atoms with Crippen LogP contribution in [0.15, 0.2) is 58.6 Å². The first kappa shape index (κ1) is 28.8. The van der Waals surface area contributed by atoms with Crippen LogP contribution < -0.4 is 5.32 Å². The van der Waals surface area contributed by atoms with Crippen LogP contribution in [-0.2, 0) is 27.4 Å². The number of Topliss-reactive ketones (excluding diaryl/α,β-unsaturated/α-hetero) is 1. The molecule has 0 unspecified atom stereocenters. The smallest absolute Gasteiger partial charge is 0.356 e. The molecule has 1 aromatic heterocycles. The van der Waals surface area contributed by atoms with Crippen molar-refractivity contribution in [3.8, 4) is 5.69 Å². The van der Waals surface area contributed by atoms with E-state index < -0.39 is 21.8 Å². The lowest BCUT2D eigenvalue weighted by molar-refractivity contribution is -0.137. The van der Waals surface area contributed by atoms with E-state index >= 15 is 0 Å². The Morgan fingerprint density at radius 1 is 1.05 bits per heavy atom. The number of benzene rings is 2. The maximum atomic E-state index is 13.4. The van der Waals surface area contributed by atoms with Gasteiger partial charge < -0.3 is 5.32 Å². The van der Waals surface area contributed by atoms with E-state index in [1.165, 1.54) is 52.2 Å². The lowest BCUT2D eigenvalue weighted by atomic mass is 10.1. The predicted molar refractivity (Wildman–Crippen MR) is 138 cm³/mol. The minimum absolute atomic E-state index is 0.110. The quantitative estimate of drug-likeness (QED) is 0.287. The molecule has 0 aliphatic carbocycles. The molecule has 3 aromatic rings. The average Bonchev–Trinajstić information content (AvgIpc) is 3.58. The molecule has 0 atom stereocenters. The molecular formula is C25H26F3N5O4S2. The molecule has 9 nitrogen and oxygen atoms in total. The molecular weight excluding hydrogens is 555 g/mol. The summed E-state index contributed by atoms with van der Waals surface area (Å²) in [6.07, 6.45) is -2.73. The summed E-state index contributed by atoms with van der Waals surface area (Å²) in [6.45, 7) is 2.49. The van der Waals surface area contributed by atoms with Gasteiger partial charge in [-0.25, -0.2) is 8.42 Å². The first-order valence-corrected chi connectivity index (χ1v) is 14.5. The third-order valence-corrected chi connectivity index (χ3v) is 8.91. The summed E-state index contributed by atoms with van der Waals surface area (Å²) in [4.78, 5) is 24.2. The highest BCUT2D eigenvalue weighted by Crippen LogP contribution is 2.32. The number of amides is 1. The summed E-state index contributed by atoms with van der Waals surface area (Å²) in [6, 6.07) is 10.4. The van der Waals surface area contributed by atoms with Crippen LogP contribution in [-0.4, -0.2) is 64.6 Å². The van der Waals surface area contributed by atoms with Crippen molar-refractivity contribution >= 4 is 33.5 Å². The molecule has 1 fully saturated rings. The van der Waals surface area contributed by atoms with Crippen molar-refractivity contribution in [3.63, 3.8) is 0 Å². The predicted octanol–water partition coefficient (Wildman–Crippen LogP) is 3.72. The standard InChI is InChI=1S/C25H26F3N5O4S2/c1-17(34)29-12-11-23-30-31-24(33(23)20-6-4-5-19(15-20)25(26,27)28)38-16-22(35)18-7-9-21(10-8-18)39(36,37)32-13-2-3-14-32/h4-10,15H,2-3,11-14,16H2,1H3,(H,29,34). The van der Waals surface area contributed by atoms with Gasteiger partial charge in [-0.1, -0.05) is 30.0 Å². The molecule has 39 heavy (non-hydrogen) atoms. The van der Waals surface area contributed by atoms with Crippen LogP contribution in [0.25, 0.3) is 5.69 Å². The zero-order valence-electron chi connectivity index (χ0n) is 20.9. The van der Waals surface area contributed by atoms with Crippen LogP contribution in [0, 0.1) is 0 Å². The number of carbonyl (C=O) groups is 2. The van der Waals surface area contributed by atoms with Gasteiger partial charge in [0.15, 0.2) is 10.9 Å². The van der Waals surface area contributed by atoms with Gasteiger partial charge in [0.05, 0.1) is 16.2 Å². The van der Waals surface area contributed by atoms with E-state index in [9.17, 15) is 31.2 Å². The van der Waals surface area contributed by atoms with Gasteiger partial charge in [-0.3, -0.25) is 14.2 Å². The second kappa shape index (κ2) is 11.9. The monoisotopic (exact) mass is 581 g/mol. The Labute approximate surface area is 227 Å². The lowest BCUT2D eigenvalue weighted by Gasteiger charge is -2.15. The van der Waals surface area contributed by atoms with Crippen molar-refractivity contribution in [2.75, 3.05) is 25.4 Å². The van der Waals surface area contributed by atoms with Gasteiger partial charge in [0.2, 0.25) is 15.9 Å². The highest BCUT2D eigenvalue weighted by atomic mass is 32.2. The fraction of sp³-hybridized carbons (Fsp3) is 0.360. The highest BCUT2D eigenvalue weighted by molar-refractivity contribution is 7.99. The Hall–Kier alpha value is -3.23. The molecule has 208 valence electrons. The molecule has 1 aliphatic heterocycles. The summed E-state index contributed by atoms with van der Waals surface area (Å²) in [5.41, 5.74) is -0.393. The van der Waals surface area contributed by atoms with E-state index in [-0.39, 0.29) is 46.1 Å². The Kier molecular flexibility index (Phi) is 8.76. The number of rotatable bonds is 10. The average molecular weight is 582 g/mol. The van der Waals surface area contributed by atoms with E-state index in [0.29, 0.717) is 24.5 Å². The molecule has 4 rings (SSSR count). The minimum atomic E-state index is -4.56. The van der Waals surface area contributed by atoms with Gasteiger partial charge in [0, 0.05) is 44.2 Å². The summed E-state index contributed by atoms with van der Waals surface area (Å²) in [5, 5.41) is 11.0. The van der Waals surface area contributed by atoms with E-state index in [2.05, 4.69) is 15.5 Å². The molecule has 1 amide bonds. The van der Waals surface area contributed by atoms with Crippen LogP contribution in [0.3, 0.4) is 0 Å². The maximum absolute atomic E-state index is 13.4. The number of halogens is 3. The number of thioether (sulfide) groups is 1. The Balaban J connectivity index is 1.53. The number of hydrogen-bond donors (Lipinski definition) is 1. The molecule has 0 saturated carbocycles. The highest BCUT2D eigenvalue weighted by Gasteiger charge is 2.31. The second-order valence-electron chi connectivity index (χ2n) is 8.86. The molecule has 14 heteroatoms. The number of nitrogens with zero attached hydrogens (tertiary/aromatic N) is 4. The molecule has 1 aliphatic rings. The largest absolute Gasteiger partial charge is 0.416 e. The van der Waals surface area contributed by atoms with Gasteiger partial charge in [-0.2, -0.15) is 17.5 Å². The first-order chi connectivity index (χ1) is 18.5. The zero-order chi connectivity index (χ0) is 28.2. The van der Waals surface area contributed by atoms with Crippen LogP contribution in [0.4, 0.5) is 13.2 Å². The summed E-state index contributed by atoms with van der Waals surface area (Å²) < 4.78 is 68.4. The molecule has 1 N–H and O–H groups in total. The van der Waals surface area contributed by atoms with Gasteiger partial charge >= 0.3 is 6.18 Å². The lowest BCUT2D eigenvalue weighted by Crippen LogP contribution is -2.27. The van der Waals surface area contributed by atoms with Crippen LogP contribution >= 0.6 is 11.8 Å². The third-order valence-electron chi connectivity index (χ3n) is 6.07. The number of ketones is 1. The number of hydrogen-bond acceptors (Lipinski definition) is 7. The molecule has 2 heterocycles. The minimum Gasteiger partial charge on any atom is -0.356 e. The van der Waals surface area contributed by atoms with Crippen molar-refractivity contribution in [3.05, 3.63) is 65.5 Å². The molecule has 0 spiro atoms. The number of alkyl halides is 3. The number of carbonyl (C=O) groups excluding carboxylic acids is 2. The summed E-state index contributed by atoms with van der Waals surface area (Å²) in [7, 11) is -3.61. The van der Waals surface area contributed by atoms with Crippen molar-refractivity contribution in [1.82, 2.24) is 24.4 Å². The maximum Gasteiger partial charge on any atom is 0.416 e. The number of sulfonamides is 1. The molecule has 0 radical (unpaired) electrons. The van der Waals surface area contributed by atoms with Gasteiger partial charge in [-0.15, -0.1) is 10.2 Å². The molecule has 0 bridgehead atoms. The molecule has 2 aromatic carbocycles. The fourth-order valence-corrected chi connectivity index (χ4v) is 6.47. The van der Waals surface area contributed by atoms with E-state index in [4.69, 9.17) is 0 Å². The van der Waals surface area contributed by atoms with Crippen LogP contribution in [0.5, 0.6) is 0 Å². The van der Waals surface area contributed by atoms with Crippen molar-refractivity contribution in [1.29, 1.82) is 0 Å². The van der Waals surface area contributed by atoms with E-state index in [1.54, 1.807) is 0 Å². The SMILES string of the molecule is CC(=O)NCCc1nnc(SCC(=O)c2ccc(S(=O)(=O)N3CCCC3)cc2)n1-c1cccc(C(F)(F)F)c1. The van der Waals surface area contributed by atoms with Gasteiger partial charge in [0.1, 0.15) is 5.82 Å². The fourth-order valence-electron chi connectivity index (χ4n) is 4.09.